The van der Waals surface area contributed by atoms with Crippen molar-refractivity contribution >= 4 is 61.3 Å². The number of hydrogen-bond acceptors (Lipinski definition) is 5. The third-order valence-electron chi connectivity index (χ3n) is 5.50. The van der Waals surface area contributed by atoms with Gasteiger partial charge in [0.05, 0.1) is 17.2 Å². The highest BCUT2D eigenvalue weighted by Gasteiger charge is 2.24. The van der Waals surface area contributed by atoms with E-state index in [-0.39, 0.29) is 5.91 Å². The molecule has 0 aromatic heterocycles. The van der Waals surface area contributed by atoms with Crippen molar-refractivity contribution in [3.05, 3.63) is 105 Å². The topological polar surface area (TPSA) is 59.9 Å². The first-order valence-corrected chi connectivity index (χ1v) is 13.1. The Morgan fingerprint density at radius 1 is 0.944 bits per heavy atom. The third-order valence-corrected chi connectivity index (χ3v) is 6.90. The van der Waals surface area contributed by atoms with Gasteiger partial charge in [-0.05, 0) is 89.6 Å². The SMILES string of the molecule is CCOc1ccc(N=C2NC(=O)/C(=C\c3cc(Br)ccc3OCc3ccc4ccccc4c3)S2)cc1. The number of nitrogens with one attached hydrogen (secondary N) is 1. The minimum absolute atomic E-state index is 0.190. The Kier molecular flexibility index (Phi) is 7.39. The number of amidine groups is 1. The Balaban J connectivity index is 1.33. The quantitative estimate of drug-likeness (QED) is 0.239. The highest BCUT2D eigenvalue weighted by Crippen LogP contribution is 2.33. The van der Waals surface area contributed by atoms with E-state index in [1.54, 1.807) is 0 Å². The van der Waals surface area contributed by atoms with Crippen molar-refractivity contribution in [2.45, 2.75) is 13.5 Å². The Labute approximate surface area is 222 Å². The van der Waals surface area contributed by atoms with Crippen LogP contribution in [0.15, 0.2) is 99.3 Å². The molecule has 4 aromatic carbocycles. The summed E-state index contributed by atoms with van der Waals surface area (Å²) in [5.74, 6) is 1.30. The number of halogens is 1. The van der Waals surface area contributed by atoms with Crippen molar-refractivity contribution in [1.82, 2.24) is 5.32 Å². The zero-order chi connectivity index (χ0) is 24.9. The van der Waals surface area contributed by atoms with E-state index in [0.29, 0.717) is 29.0 Å². The minimum Gasteiger partial charge on any atom is -0.494 e. The molecule has 0 unspecified atom stereocenters. The summed E-state index contributed by atoms with van der Waals surface area (Å²) in [5, 5.41) is 5.75. The van der Waals surface area contributed by atoms with E-state index in [4.69, 9.17) is 9.47 Å². The number of thioether (sulfide) groups is 1. The lowest BCUT2D eigenvalue weighted by Gasteiger charge is -2.11. The van der Waals surface area contributed by atoms with Crippen LogP contribution in [-0.4, -0.2) is 17.7 Å². The van der Waals surface area contributed by atoms with Crippen LogP contribution >= 0.6 is 27.7 Å². The number of nitrogens with zero attached hydrogens (tertiary/aromatic N) is 1. The van der Waals surface area contributed by atoms with Crippen molar-refractivity contribution in [1.29, 1.82) is 0 Å². The first-order chi connectivity index (χ1) is 17.6. The van der Waals surface area contributed by atoms with Crippen LogP contribution in [0.1, 0.15) is 18.1 Å². The molecule has 4 aromatic rings. The maximum atomic E-state index is 12.7. The molecule has 1 aliphatic heterocycles. The van der Waals surface area contributed by atoms with E-state index < -0.39 is 0 Å². The van der Waals surface area contributed by atoms with Crippen LogP contribution in [0, 0.1) is 0 Å². The fourth-order valence-corrected chi connectivity index (χ4v) is 4.99. The molecule has 1 N–H and O–H groups in total. The molecular weight excluding hydrogens is 536 g/mol. The predicted molar refractivity (Wildman–Crippen MR) is 151 cm³/mol. The Morgan fingerprint density at radius 3 is 2.56 bits per heavy atom. The van der Waals surface area contributed by atoms with Gasteiger partial charge in [0.15, 0.2) is 5.17 Å². The number of ether oxygens (including phenoxy) is 2. The summed E-state index contributed by atoms with van der Waals surface area (Å²) in [6, 6.07) is 27.8. The Bertz CT molecular complexity index is 1480. The van der Waals surface area contributed by atoms with Gasteiger partial charge in [-0.25, -0.2) is 4.99 Å². The first kappa shape index (κ1) is 24.2. The monoisotopic (exact) mass is 558 g/mol. The lowest BCUT2D eigenvalue weighted by atomic mass is 10.1. The molecule has 1 fully saturated rings. The van der Waals surface area contributed by atoms with Gasteiger partial charge in [-0.1, -0.05) is 52.3 Å². The summed E-state index contributed by atoms with van der Waals surface area (Å²) in [4.78, 5) is 17.8. The van der Waals surface area contributed by atoms with Crippen molar-refractivity contribution in [2.24, 2.45) is 4.99 Å². The predicted octanol–water partition coefficient (Wildman–Crippen LogP) is 7.47. The lowest BCUT2D eigenvalue weighted by Crippen LogP contribution is -2.19. The maximum Gasteiger partial charge on any atom is 0.264 e. The summed E-state index contributed by atoms with van der Waals surface area (Å²) in [7, 11) is 0. The molecule has 5 nitrogen and oxygen atoms in total. The number of fused-ring (bicyclic) bond motifs is 1. The largest absolute Gasteiger partial charge is 0.494 e. The molecule has 1 saturated heterocycles. The van der Waals surface area contributed by atoms with Crippen LogP contribution in [0.2, 0.25) is 0 Å². The van der Waals surface area contributed by atoms with E-state index in [9.17, 15) is 4.79 Å². The lowest BCUT2D eigenvalue weighted by molar-refractivity contribution is -0.115. The fourth-order valence-electron chi connectivity index (χ4n) is 3.78. The molecule has 0 radical (unpaired) electrons. The van der Waals surface area contributed by atoms with Gasteiger partial charge in [-0.2, -0.15) is 0 Å². The molecular formula is C29H23BrN2O3S. The molecule has 36 heavy (non-hydrogen) atoms. The minimum atomic E-state index is -0.190. The highest BCUT2D eigenvalue weighted by molar-refractivity contribution is 9.10. The summed E-state index contributed by atoms with van der Waals surface area (Å²) in [5.41, 5.74) is 2.63. The number of rotatable bonds is 7. The van der Waals surface area contributed by atoms with Crippen molar-refractivity contribution in [3.8, 4) is 11.5 Å². The van der Waals surface area contributed by atoms with Gasteiger partial charge in [0, 0.05) is 10.0 Å². The summed E-state index contributed by atoms with van der Waals surface area (Å²) < 4.78 is 12.6. The summed E-state index contributed by atoms with van der Waals surface area (Å²) in [6.45, 7) is 2.97. The number of carbonyl (C=O) groups excluding carboxylic acids is 1. The van der Waals surface area contributed by atoms with E-state index in [0.717, 1.165) is 27.0 Å². The number of carbonyl (C=O) groups is 1. The average molecular weight is 559 g/mol. The van der Waals surface area contributed by atoms with Crippen molar-refractivity contribution in [2.75, 3.05) is 6.61 Å². The summed E-state index contributed by atoms with van der Waals surface area (Å²) >= 11 is 4.83. The molecule has 7 heteroatoms. The van der Waals surface area contributed by atoms with Crippen LogP contribution in [0.3, 0.4) is 0 Å². The molecule has 0 spiro atoms. The second-order valence-corrected chi connectivity index (χ2v) is 10.0. The zero-order valence-corrected chi connectivity index (χ0v) is 21.9. The fraction of sp³-hybridized carbons (Fsp3) is 0.103. The number of hydrogen-bond donors (Lipinski definition) is 1. The smallest absolute Gasteiger partial charge is 0.264 e. The van der Waals surface area contributed by atoms with Crippen molar-refractivity contribution < 1.29 is 14.3 Å². The normalized spacial score (nSPS) is 15.4. The van der Waals surface area contributed by atoms with Gasteiger partial charge in [0.25, 0.3) is 5.91 Å². The number of benzene rings is 4. The standard InChI is InChI=1S/C29H23BrN2O3S/c1-2-34-25-12-10-24(11-13-25)31-29-32-28(33)27(36-29)17-22-16-23(30)9-14-26(22)35-18-19-7-8-20-5-3-4-6-21(20)15-19/h3-17H,2,18H2,1H3,(H,31,32,33)/b27-17+. The highest BCUT2D eigenvalue weighted by atomic mass is 79.9. The van der Waals surface area contributed by atoms with Gasteiger partial charge in [-0.3, -0.25) is 4.79 Å². The Morgan fingerprint density at radius 2 is 1.75 bits per heavy atom. The number of aliphatic imine (C=N–C) groups is 1. The van der Waals surface area contributed by atoms with E-state index in [2.05, 4.69) is 56.6 Å². The van der Waals surface area contributed by atoms with Crippen molar-refractivity contribution in [3.63, 3.8) is 0 Å². The van der Waals surface area contributed by atoms with Crippen LogP contribution in [0.4, 0.5) is 5.69 Å². The molecule has 0 bridgehead atoms. The second kappa shape index (κ2) is 11.0. The average Bonchev–Trinajstić information content (AvgIpc) is 3.23. The molecule has 180 valence electrons. The van der Waals surface area contributed by atoms with Gasteiger partial charge < -0.3 is 14.8 Å². The number of amides is 1. The molecule has 0 aliphatic carbocycles. The molecule has 0 saturated carbocycles. The van der Waals surface area contributed by atoms with Gasteiger partial charge in [-0.15, -0.1) is 0 Å². The van der Waals surface area contributed by atoms with E-state index in [1.807, 2.05) is 67.6 Å². The molecule has 1 heterocycles. The second-order valence-electron chi connectivity index (χ2n) is 8.06. The third kappa shape index (κ3) is 5.80. The van der Waals surface area contributed by atoms with Crippen LogP contribution in [0.25, 0.3) is 16.8 Å². The van der Waals surface area contributed by atoms with Crippen LogP contribution < -0.4 is 14.8 Å². The molecule has 0 atom stereocenters. The van der Waals surface area contributed by atoms with Gasteiger partial charge >= 0.3 is 0 Å². The van der Waals surface area contributed by atoms with Crippen LogP contribution in [-0.2, 0) is 11.4 Å². The Hall–Kier alpha value is -3.55. The molecule has 1 amide bonds. The summed E-state index contributed by atoms with van der Waals surface area (Å²) in [6.07, 6.45) is 1.83. The van der Waals surface area contributed by atoms with Gasteiger partial charge in [0.1, 0.15) is 18.1 Å². The van der Waals surface area contributed by atoms with Crippen LogP contribution in [0.5, 0.6) is 11.5 Å². The molecule has 5 rings (SSSR count). The van der Waals surface area contributed by atoms with Gasteiger partial charge in [0.2, 0.25) is 0 Å². The maximum absolute atomic E-state index is 12.7. The van der Waals surface area contributed by atoms with E-state index >= 15 is 0 Å². The molecule has 1 aliphatic rings. The van der Waals surface area contributed by atoms with E-state index in [1.165, 1.54) is 22.5 Å². The zero-order valence-electron chi connectivity index (χ0n) is 19.5. The first-order valence-electron chi connectivity index (χ1n) is 11.5.